The van der Waals surface area contributed by atoms with E-state index in [1.807, 2.05) is 48.8 Å². The molecule has 0 spiro atoms. The molecule has 98 valence electrons. The number of nitrogen functional groups attached to an aromatic ring is 1. The van der Waals surface area contributed by atoms with Gasteiger partial charge in [0.05, 0.1) is 0 Å². The van der Waals surface area contributed by atoms with Crippen molar-refractivity contribution in [3.8, 4) is 22.5 Å². The van der Waals surface area contributed by atoms with Gasteiger partial charge < -0.3 is 5.73 Å². The van der Waals surface area contributed by atoms with Crippen molar-refractivity contribution in [2.75, 3.05) is 5.73 Å². The Kier molecular flexibility index (Phi) is 3.17. The third-order valence-corrected chi connectivity index (χ3v) is 3.25. The first-order chi connectivity index (χ1) is 9.74. The Labute approximate surface area is 118 Å². The predicted molar refractivity (Wildman–Crippen MR) is 82.1 cm³/mol. The van der Waals surface area contributed by atoms with Crippen molar-refractivity contribution >= 4 is 5.69 Å². The van der Waals surface area contributed by atoms with Gasteiger partial charge in [0.15, 0.2) is 5.82 Å². The Morgan fingerprint density at radius 2 is 1.60 bits per heavy atom. The van der Waals surface area contributed by atoms with Crippen LogP contribution in [-0.2, 0) is 0 Å². The number of aromatic nitrogens is 2. The van der Waals surface area contributed by atoms with Gasteiger partial charge in [0, 0.05) is 29.2 Å². The molecular formula is C17H15N3. The molecule has 0 bridgehead atoms. The topological polar surface area (TPSA) is 51.8 Å². The third kappa shape index (κ3) is 2.38. The smallest absolute Gasteiger partial charge is 0.159 e. The van der Waals surface area contributed by atoms with E-state index >= 15 is 0 Å². The highest BCUT2D eigenvalue weighted by atomic mass is 14.9. The standard InChI is InChI=1S/C17H15N3/c1-12-5-2-3-8-16(12)14-10-19-17(20-11-14)13-6-4-7-15(18)9-13/h2-11H,18H2,1H3. The number of anilines is 1. The van der Waals surface area contributed by atoms with Crippen LogP contribution in [0.4, 0.5) is 5.69 Å². The van der Waals surface area contributed by atoms with Gasteiger partial charge in [-0.05, 0) is 30.2 Å². The maximum Gasteiger partial charge on any atom is 0.159 e. The predicted octanol–water partition coefficient (Wildman–Crippen LogP) is 3.70. The van der Waals surface area contributed by atoms with E-state index in [0.29, 0.717) is 11.5 Å². The average Bonchev–Trinajstić information content (AvgIpc) is 2.48. The van der Waals surface area contributed by atoms with Gasteiger partial charge in [0.25, 0.3) is 0 Å². The van der Waals surface area contributed by atoms with E-state index in [4.69, 9.17) is 5.73 Å². The molecule has 20 heavy (non-hydrogen) atoms. The average molecular weight is 261 g/mol. The molecule has 2 N–H and O–H groups in total. The molecule has 0 aliphatic carbocycles. The fraction of sp³-hybridized carbons (Fsp3) is 0.0588. The van der Waals surface area contributed by atoms with Crippen LogP contribution in [0.15, 0.2) is 60.9 Å². The van der Waals surface area contributed by atoms with Crippen LogP contribution in [0.3, 0.4) is 0 Å². The molecule has 3 heteroatoms. The summed E-state index contributed by atoms with van der Waals surface area (Å²) in [6.45, 7) is 2.08. The number of hydrogen-bond donors (Lipinski definition) is 1. The highest BCUT2D eigenvalue weighted by molar-refractivity contribution is 5.67. The molecule has 3 rings (SSSR count). The maximum atomic E-state index is 5.78. The van der Waals surface area contributed by atoms with Crippen LogP contribution in [0.25, 0.3) is 22.5 Å². The van der Waals surface area contributed by atoms with Gasteiger partial charge in [-0.15, -0.1) is 0 Å². The minimum absolute atomic E-state index is 0.689. The van der Waals surface area contributed by atoms with Crippen LogP contribution < -0.4 is 5.73 Å². The molecule has 3 aromatic rings. The van der Waals surface area contributed by atoms with Crippen molar-refractivity contribution in [1.82, 2.24) is 9.97 Å². The highest BCUT2D eigenvalue weighted by Gasteiger charge is 2.05. The van der Waals surface area contributed by atoms with Crippen LogP contribution in [0.5, 0.6) is 0 Å². The maximum absolute atomic E-state index is 5.78. The first-order valence-corrected chi connectivity index (χ1v) is 6.48. The molecule has 0 atom stereocenters. The number of hydrogen-bond acceptors (Lipinski definition) is 3. The summed E-state index contributed by atoms with van der Waals surface area (Å²) in [6.07, 6.45) is 3.71. The molecule has 0 aliphatic heterocycles. The Balaban J connectivity index is 1.98. The molecule has 1 aromatic heterocycles. The second kappa shape index (κ2) is 5.13. The van der Waals surface area contributed by atoms with Gasteiger partial charge in [-0.2, -0.15) is 0 Å². The zero-order valence-electron chi connectivity index (χ0n) is 11.2. The lowest BCUT2D eigenvalue weighted by Crippen LogP contribution is -1.92. The molecule has 0 amide bonds. The van der Waals surface area contributed by atoms with Crippen LogP contribution in [0.1, 0.15) is 5.56 Å². The van der Waals surface area contributed by atoms with E-state index in [1.165, 1.54) is 5.56 Å². The lowest BCUT2D eigenvalue weighted by molar-refractivity contribution is 1.18. The number of rotatable bonds is 2. The number of nitrogens with two attached hydrogens (primary N) is 1. The molecule has 0 aliphatic rings. The SMILES string of the molecule is Cc1ccccc1-c1cnc(-c2cccc(N)c2)nc1. The number of nitrogens with zero attached hydrogens (tertiary/aromatic N) is 2. The van der Waals surface area contributed by atoms with Crippen LogP contribution in [0, 0.1) is 6.92 Å². The van der Waals surface area contributed by atoms with Crippen molar-refractivity contribution in [2.24, 2.45) is 0 Å². The van der Waals surface area contributed by atoms with Gasteiger partial charge >= 0.3 is 0 Å². The van der Waals surface area contributed by atoms with Gasteiger partial charge in [-0.3, -0.25) is 0 Å². The second-order valence-corrected chi connectivity index (χ2v) is 4.74. The lowest BCUT2D eigenvalue weighted by Gasteiger charge is -2.06. The Bertz CT molecular complexity index is 733. The molecule has 2 aromatic carbocycles. The van der Waals surface area contributed by atoms with E-state index in [-0.39, 0.29) is 0 Å². The first-order valence-electron chi connectivity index (χ1n) is 6.48. The highest BCUT2D eigenvalue weighted by Crippen LogP contribution is 2.23. The molecule has 0 saturated heterocycles. The number of benzene rings is 2. The summed E-state index contributed by atoms with van der Waals surface area (Å²) in [5.74, 6) is 0.689. The van der Waals surface area contributed by atoms with Gasteiger partial charge in [0.1, 0.15) is 0 Å². The minimum atomic E-state index is 0.689. The van der Waals surface area contributed by atoms with E-state index in [9.17, 15) is 0 Å². The van der Waals surface area contributed by atoms with Crippen LogP contribution in [-0.4, -0.2) is 9.97 Å². The molecule has 1 heterocycles. The fourth-order valence-corrected chi connectivity index (χ4v) is 2.19. The van der Waals surface area contributed by atoms with Gasteiger partial charge in [0.2, 0.25) is 0 Å². The summed E-state index contributed by atoms with van der Waals surface area (Å²) in [7, 11) is 0. The quantitative estimate of drug-likeness (QED) is 0.715. The van der Waals surface area contributed by atoms with Crippen LogP contribution >= 0.6 is 0 Å². The fourth-order valence-electron chi connectivity index (χ4n) is 2.19. The van der Waals surface area contributed by atoms with Crippen molar-refractivity contribution in [3.63, 3.8) is 0 Å². The Morgan fingerprint density at radius 1 is 0.850 bits per heavy atom. The lowest BCUT2D eigenvalue weighted by atomic mass is 10.0. The van der Waals surface area contributed by atoms with Gasteiger partial charge in [-0.1, -0.05) is 36.4 Å². The minimum Gasteiger partial charge on any atom is -0.399 e. The van der Waals surface area contributed by atoms with Crippen molar-refractivity contribution in [1.29, 1.82) is 0 Å². The summed E-state index contributed by atoms with van der Waals surface area (Å²) in [5.41, 5.74) is 10.8. The summed E-state index contributed by atoms with van der Waals surface area (Å²) in [5, 5.41) is 0. The zero-order valence-corrected chi connectivity index (χ0v) is 11.2. The van der Waals surface area contributed by atoms with E-state index in [0.717, 1.165) is 16.7 Å². The molecule has 3 nitrogen and oxygen atoms in total. The van der Waals surface area contributed by atoms with E-state index < -0.39 is 0 Å². The second-order valence-electron chi connectivity index (χ2n) is 4.74. The van der Waals surface area contributed by atoms with E-state index in [2.05, 4.69) is 29.0 Å². The third-order valence-electron chi connectivity index (χ3n) is 3.25. The van der Waals surface area contributed by atoms with Crippen molar-refractivity contribution in [3.05, 3.63) is 66.5 Å². The Morgan fingerprint density at radius 3 is 2.30 bits per heavy atom. The molecule has 0 fully saturated rings. The van der Waals surface area contributed by atoms with E-state index in [1.54, 1.807) is 0 Å². The molecular weight excluding hydrogens is 246 g/mol. The zero-order chi connectivity index (χ0) is 13.9. The largest absolute Gasteiger partial charge is 0.399 e. The van der Waals surface area contributed by atoms with Gasteiger partial charge in [-0.25, -0.2) is 9.97 Å². The molecule has 0 unspecified atom stereocenters. The first kappa shape index (κ1) is 12.4. The van der Waals surface area contributed by atoms with Crippen LogP contribution in [0.2, 0.25) is 0 Å². The summed E-state index contributed by atoms with van der Waals surface area (Å²) in [4.78, 5) is 8.88. The van der Waals surface area contributed by atoms with Crippen molar-refractivity contribution < 1.29 is 0 Å². The summed E-state index contributed by atoms with van der Waals surface area (Å²) >= 11 is 0. The Hall–Kier alpha value is -2.68. The monoisotopic (exact) mass is 261 g/mol. The molecule has 0 radical (unpaired) electrons. The normalized spacial score (nSPS) is 10.4. The molecule has 0 saturated carbocycles. The summed E-state index contributed by atoms with van der Waals surface area (Å²) < 4.78 is 0. The number of aryl methyl sites for hydroxylation is 1. The van der Waals surface area contributed by atoms with Crippen molar-refractivity contribution in [2.45, 2.75) is 6.92 Å². The summed E-state index contributed by atoms with van der Waals surface area (Å²) in [6, 6.07) is 15.8.